The quantitative estimate of drug-likeness (QED) is 0.766. The molecule has 17 heavy (non-hydrogen) atoms. The van der Waals surface area contributed by atoms with Crippen LogP contribution in [0, 0.1) is 0 Å². The van der Waals surface area contributed by atoms with Crippen molar-refractivity contribution in [1.29, 1.82) is 0 Å². The Morgan fingerprint density at radius 3 is 2.88 bits per heavy atom. The van der Waals surface area contributed by atoms with Crippen LogP contribution in [0.1, 0.15) is 13.8 Å². The van der Waals surface area contributed by atoms with Crippen molar-refractivity contribution in [3.8, 4) is 0 Å². The molecule has 0 aromatic carbocycles. The molecule has 1 saturated heterocycles. The molecule has 1 aromatic rings. The summed E-state index contributed by atoms with van der Waals surface area (Å²) < 4.78 is 0. The molecule has 4 nitrogen and oxygen atoms in total. The second-order valence-corrected chi connectivity index (χ2v) is 4.72. The van der Waals surface area contributed by atoms with E-state index in [4.69, 9.17) is 11.6 Å². The third kappa shape index (κ3) is 2.52. The second-order valence-electron chi connectivity index (χ2n) is 4.32. The highest BCUT2D eigenvalue weighted by molar-refractivity contribution is 6.32. The van der Waals surface area contributed by atoms with Crippen LogP contribution < -0.4 is 4.90 Å². The van der Waals surface area contributed by atoms with Gasteiger partial charge in [0.1, 0.15) is 5.82 Å². The molecular weight excluding hydrogens is 238 g/mol. The number of anilines is 1. The molecule has 2 heterocycles. The molecule has 0 saturated carbocycles. The van der Waals surface area contributed by atoms with Gasteiger partial charge in [-0.25, -0.2) is 4.98 Å². The third-order valence-corrected chi connectivity index (χ3v) is 3.37. The lowest BCUT2D eigenvalue weighted by atomic mass is 10.2. The summed E-state index contributed by atoms with van der Waals surface area (Å²) in [5.41, 5.74) is 0. The van der Waals surface area contributed by atoms with Crippen LogP contribution in [0.5, 0.6) is 0 Å². The number of carbonyl (C=O) groups is 1. The number of carbonyl (C=O) groups excluding carboxylic acids is 1. The lowest BCUT2D eigenvalue weighted by Gasteiger charge is -2.40. The number of aromatic nitrogens is 1. The fraction of sp³-hybridized carbons (Fsp3) is 0.500. The number of amides is 1. The monoisotopic (exact) mass is 253 g/mol. The van der Waals surface area contributed by atoms with Crippen molar-refractivity contribution >= 4 is 23.3 Å². The van der Waals surface area contributed by atoms with Gasteiger partial charge in [0.05, 0.1) is 5.02 Å². The van der Waals surface area contributed by atoms with Crippen LogP contribution in [-0.4, -0.2) is 41.5 Å². The summed E-state index contributed by atoms with van der Waals surface area (Å²) in [6.07, 6.45) is 1.74. The molecule has 1 aliphatic rings. The van der Waals surface area contributed by atoms with Crippen LogP contribution >= 0.6 is 11.6 Å². The predicted octanol–water partition coefficient (Wildman–Crippen LogP) is 1.79. The summed E-state index contributed by atoms with van der Waals surface area (Å²) in [5.74, 6) is 0.938. The number of pyridine rings is 1. The minimum atomic E-state index is 0.129. The molecule has 1 aliphatic heterocycles. The Labute approximate surface area is 106 Å². The summed E-state index contributed by atoms with van der Waals surface area (Å²) in [6, 6.07) is 3.85. The lowest BCUT2D eigenvalue weighted by molar-refractivity contribution is -0.131. The maximum absolute atomic E-state index is 11.4. The van der Waals surface area contributed by atoms with Crippen LogP contribution in [-0.2, 0) is 4.79 Å². The van der Waals surface area contributed by atoms with Crippen molar-refractivity contribution < 1.29 is 4.79 Å². The minimum absolute atomic E-state index is 0.129. The first-order chi connectivity index (χ1) is 8.09. The van der Waals surface area contributed by atoms with Gasteiger partial charge in [0.25, 0.3) is 0 Å². The largest absolute Gasteiger partial charge is 0.352 e. The summed E-state index contributed by atoms with van der Waals surface area (Å²) in [4.78, 5) is 19.7. The van der Waals surface area contributed by atoms with Crippen LogP contribution in [0.2, 0.25) is 5.02 Å². The van der Waals surface area contributed by atoms with E-state index in [9.17, 15) is 4.79 Å². The van der Waals surface area contributed by atoms with Crippen molar-refractivity contribution in [3.63, 3.8) is 0 Å². The molecule has 0 unspecified atom stereocenters. The van der Waals surface area contributed by atoms with Gasteiger partial charge >= 0.3 is 0 Å². The van der Waals surface area contributed by atoms with E-state index in [2.05, 4.69) is 9.88 Å². The molecule has 1 amide bonds. The van der Waals surface area contributed by atoms with Gasteiger partial charge in [-0.3, -0.25) is 4.79 Å². The molecule has 1 atom stereocenters. The average molecular weight is 254 g/mol. The Balaban J connectivity index is 2.12. The number of halogens is 1. The van der Waals surface area contributed by atoms with E-state index in [1.165, 1.54) is 0 Å². The Morgan fingerprint density at radius 2 is 2.29 bits per heavy atom. The average Bonchev–Trinajstić information content (AvgIpc) is 2.29. The van der Waals surface area contributed by atoms with Crippen molar-refractivity contribution in [2.24, 2.45) is 0 Å². The van der Waals surface area contributed by atoms with Crippen LogP contribution in [0.4, 0.5) is 5.82 Å². The standard InChI is InChI=1S/C12H16ClN3O/c1-9-8-15(6-7-16(9)10(2)17)12-11(13)4-3-5-14-12/h3-5,9H,6-8H2,1-2H3/t9-/m1/s1. The van der Waals surface area contributed by atoms with Gasteiger partial charge in [-0.1, -0.05) is 11.6 Å². The maximum Gasteiger partial charge on any atom is 0.219 e. The zero-order valence-corrected chi connectivity index (χ0v) is 10.8. The highest BCUT2D eigenvalue weighted by Crippen LogP contribution is 2.24. The van der Waals surface area contributed by atoms with E-state index in [1.807, 2.05) is 24.0 Å². The molecule has 0 aliphatic carbocycles. The Hall–Kier alpha value is -1.29. The summed E-state index contributed by atoms with van der Waals surface area (Å²) in [5, 5.41) is 0.663. The number of hydrogen-bond donors (Lipinski definition) is 0. The molecule has 2 rings (SSSR count). The van der Waals surface area contributed by atoms with Crippen molar-refractivity contribution in [1.82, 2.24) is 9.88 Å². The van der Waals surface area contributed by atoms with E-state index in [-0.39, 0.29) is 11.9 Å². The Bertz CT molecular complexity index is 424. The smallest absolute Gasteiger partial charge is 0.219 e. The minimum Gasteiger partial charge on any atom is -0.352 e. The van der Waals surface area contributed by atoms with Gasteiger partial charge in [-0.05, 0) is 19.1 Å². The van der Waals surface area contributed by atoms with Crippen LogP contribution in [0.3, 0.4) is 0 Å². The Kier molecular flexibility index (Phi) is 3.52. The number of hydrogen-bond acceptors (Lipinski definition) is 3. The van der Waals surface area contributed by atoms with Gasteiger partial charge in [0.15, 0.2) is 0 Å². The van der Waals surface area contributed by atoms with E-state index >= 15 is 0 Å². The van der Waals surface area contributed by atoms with E-state index < -0.39 is 0 Å². The molecule has 0 spiro atoms. The van der Waals surface area contributed by atoms with Crippen LogP contribution in [0.25, 0.3) is 0 Å². The van der Waals surface area contributed by atoms with Gasteiger partial charge in [0, 0.05) is 38.8 Å². The number of piperazine rings is 1. The zero-order chi connectivity index (χ0) is 12.4. The van der Waals surface area contributed by atoms with Gasteiger partial charge in [-0.15, -0.1) is 0 Å². The fourth-order valence-corrected chi connectivity index (χ4v) is 2.47. The van der Waals surface area contributed by atoms with Crippen molar-refractivity contribution in [3.05, 3.63) is 23.4 Å². The molecule has 0 N–H and O–H groups in total. The lowest BCUT2D eigenvalue weighted by Crippen LogP contribution is -2.53. The van der Waals surface area contributed by atoms with Crippen molar-refractivity contribution in [2.45, 2.75) is 19.9 Å². The predicted molar refractivity (Wildman–Crippen MR) is 68.3 cm³/mol. The molecule has 0 radical (unpaired) electrons. The van der Waals surface area contributed by atoms with Gasteiger partial charge < -0.3 is 9.80 Å². The fourth-order valence-electron chi connectivity index (χ4n) is 2.23. The maximum atomic E-state index is 11.4. The first-order valence-electron chi connectivity index (χ1n) is 5.72. The number of rotatable bonds is 1. The highest BCUT2D eigenvalue weighted by Gasteiger charge is 2.26. The normalized spacial score (nSPS) is 20.5. The molecule has 5 heteroatoms. The van der Waals surface area contributed by atoms with Crippen molar-refractivity contribution in [2.75, 3.05) is 24.5 Å². The molecule has 0 bridgehead atoms. The van der Waals surface area contributed by atoms with Gasteiger partial charge in [0.2, 0.25) is 5.91 Å². The SMILES string of the molecule is CC(=O)N1CCN(c2ncccc2Cl)C[C@H]1C. The molecule has 1 aromatic heterocycles. The highest BCUT2D eigenvalue weighted by atomic mass is 35.5. The zero-order valence-electron chi connectivity index (χ0n) is 10.1. The van der Waals surface area contributed by atoms with Crippen LogP contribution in [0.15, 0.2) is 18.3 Å². The topological polar surface area (TPSA) is 36.4 Å². The summed E-state index contributed by atoms with van der Waals surface area (Å²) in [7, 11) is 0. The second kappa shape index (κ2) is 4.92. The summed E-state index contributed by atoms with van der Waals surface area (Å²) >= 11 is 6.12. The Morgan fingerprint density at radius 1 is 1.53 bits per heavy atom. The first-order valence-corrected chi connectivity index (χ1v) is 6.10. The first kappa shape index (κ1) is 12.2. The summed E-state index contributed by atoms with van der Waals surface area (Å²) in [6.45, 7) is 5.94. The van der Waals surface area contributed by atoms with E-state index in [1.54, 1.807) is 13.1 Å². The molecule has 92 valence electrons. The van der Waals surface area contributed by atoms with E-state index in [0.717, 1.165) is 25.5 Å². The number of nitrogens with zero attached hydrogens (tertiary/aromatic N) is 3. The molecular formula is C12H16ClN3O. The van der Waals surface area contributed by atoms with E-state index in [0.29, 0.717) is 5.02 Å². The third-order valence-electron chi connectivity index (χ3n) is 3.07. The van der Waals surface area contributed by atoms with Gasteiger partial charge in [-0.2, -0.15) is 0 Å². The molecule has 1 fully saturated rings.